The summed E-state index contributed by atoms with van der Waals surface area (Å²) in [4.78, 5) is 0. The molecule has 2 unspecified atom stereocenters. The smallest absolute Gasteiger partial charge is 0.0940 e. The minimum Gasteiger partial charge on any atom is -0.387 e. The quantitative estimate of drug-likeness (QED) is 0.456. The van der Waals surface area contributed by atoms with Gasteiger partial charge in [-0.2, -0.15) is 0 Å². The van der Waals surface area contributed by atoms with Crippen molar-refractivity contribution in [2.75, 3.05) is 0 Å². The van der Waals surface area contributed by atoms with Crippen molar-refractivity contribution in [1.82, 2.24) is 9.88 Å². The molecule has 0 bridgehead atoms. The molecule has 146 valence electrons. The monoisotopic (exact) mass is 394 g/mol. The number of nitrogens with one attached hydrogen (secondary N) is 1. The molecule has 0 aliphatic carbocycles. The molecule has 1 heterocycles. The van der Waals surface area contributed by atoms with Crippen molar-refractivity contribution in [3.8, 4) is 0 Å². The minimum atomic E-state index is -0.517. The van der Waals surface area contributed by atoms with Gasteiger partial charge in [0.1, 0.15) is 0 Å². The molecule has 0 amide bonds. The molecule has 28 heavy (non-hydrogen) atoms. The van der Waals surface area contributed by atoms with E-state index < -0.39 is 6.10 Å². The van der Waals surface area contributed by atoms with Gasteiger partial charge in [-0.25, -0.2) is 0 Å². The zero-order valence-corrected chi connectivity index (χ0v) is 17.1. The third-order valence-electron chi connectivity index (χ3n) is 5.40. The summed E-state index contributed by atoms with van der Waals surface area (Å²) in [5.74, 6) is 0. The molecule has 0 saturated carbocycles. The largest absolute Gasteiger partial charge is 0.387 e. The van der Waals surface area contributed by atoms with Gasteiger partial charge in [0, 0.05) is 40.9 Å². The van der Waals surface area contributed by atoms with Crippen LogP contribution in [0.5, 0.6) is 0 Å². The Morgan fingerprint density at radius 3 is 2.32 bits per heavy atom. The van der Waals surface area contributed by atoms with Crippen molar-refractivity contribution in [1.29, 1.82) is 0 Å². The summed E-state index contributed by atoms with van der Waals surface area (Å²) in [5.41, 5.74) is 4.74. The average molecular weight is 395 g/mol. The predicted octanol–water partition coefficient (Wildman–Crippen LogP) is 5.45. The Bertz CT molecular complexity index is 1060. The lowest BCUT2D eigenvalue weighted by Gasteiger charge is -2.20. The summed E-state index contributed by atoms with van der Waals surface area (Å²) in [5, 5.41) is 16.6. The Kier molecular flexibility index (Phi) is 6.40. The fraction of sp³-hybridized carbons (Fsp3) is 0.250. The zero-order chi connectivity index (χ0) is 18.8. The highest BCUT2D eigenvalue weighted by Crippen LogP contribution is 2.29. The number of aliphatic hydroxyl groups excluding tert-OH is 1. The average Bonchev–Trinajstić information content (AvgIpc) is 3.05. The van der Waals surface area contributed by atoms with E-state index in [0.717, 1.165) is 18.7 Å². The topological polar surface area (TPSA) is 37.2 Å². The van der Waals surface area contributed by atoms with E-state index in [-0.39, 0.29) is 18.4 Å². The van der Waals surface area contributed by atoms with Crippen LogP contribution in [0.1, 0.15) is 31.1 Å². The molecule has 0 aliphatic heterocycles. The maximum absolute atomic E-state index is 10.5. The first-order valence-electron chi connectivity index (χ1n) is 9.65. The van der Waals surface area contributed by atoms with Gasteiger partial charge in [0.15, 0.2) is 0 Å². The van der Waals surface area contributed by atoms with E-state index in [9.17, 15) is 5.11 Å². The fourth-order valence-corrected chi connectivity index (χ4v) is 3.88. The van der Waals surface area contributed by atoms with Gasteiger partial charge >= 0.3 is 0 Å². The third kappa shape index (κ3) is 3.79. The lowest BCUT2D eigenvalue weighted by atomic mass is 10.0. The van der Waals surface area contributed by atoms with Gasteiger partial charge in [0.2, 0.25) is 0 Å². The standard InChI is InChI=1S/C24H26N2O.ClH/c1-3-26-22-12-8-7-11-20(22)21-15-18(13-14-23(21)26)16-25-17(2)24(27)19-9-5-4-6-10-19;/h4-15,17,24-25,27H,3,16H2,1-2H3;1H. The molecule has 4 aromatic rings. The van der Waals surface area contributed by atoms with Crippen molar-refractivity contribution in [2.45, 2.75) is 39.1 Å². The fourth-order valence-electron chi connectivity index (χ4n) is 3.88. The Hall–Kier alpha value is -2.33. The van der Waals surface area contributed by atoms with E-state index in [1.165, 1.54) is 27.4 Å². The number of para-hydroxylation sites is 1. The maximum atomic E-state index is 10.5. The maximum Gasteiger partial charge on any atom is 0.0940 e. The first kappa shape index (κ1) is 20.4. The van der Waals surface area contributed by atoms with Crippen molar-refractivity contribution in [3.05, 3.63) is 83.9 Å². The van der Waals surface area contributed by atoms with Crippen LogP contribution in [0.15, 0.2) is 72.8 Å². The number of aliphatic hydroxyl groups is 1. The van der Waals surface area contributed by atoms with Crippen molar-refractivity contribution < 1.29 is 5.11 Å². The molecule has 4 heteroatoms. The van der Waals surface area contributed by atoms with Crippen LogP contribution in [0.25, 0.3) is 21.8 Å². The number of fused-ring (bicyclic) bond motifs is 3. The van der Waals surface area contributed by atoms with Gasteiger partial charge in [-0.3, -0.25) is 0 Å². The molecule has 0 radical (unpaired) electrons. The molecule has 0 saturated heterocycles. The van der Waals surface area contributed by atoms with E-state index in [0.29, 0.717) is 0 Å². The summed E-state index contributed by atoms with van der Waals surface area (Å²) in [7, 11) is 0. The highest BCUT2D eigenvalue weighted by Gasteiger charge is 2.16. The Morgan fingerprint density at radius 2 is 1.57 bits per heavy atom. The van der Waals surface area contributed by atoms with E-state index >= 15 is 0 Å². The summed E-state index contributed by atoms with van der Waals surface area (Å²) >= 11 is 0. The second-order valence-corrected chi connectivity index (χ2v) is 7.14. The highest BCUT2D eigenvalue weighted by molar-refractivity contribution is 6.08. The zero-order valence-electron chi connectivity index (χ0n) is 16.3. The van der Waals surface area contributed by atoms with Crippen molar-refractivity contribution >= 4 is 34.2 Å². The molecule has 3 aromatic carbocycles. The summed E-state index contributed by atoms with van der Waals surface area (Å²) in [6, 6.07) is 25.1. The highest BCUT2D eigenvalue weighted by atomic mass is 35.5. The number of benzene rings is 3. The SMILES string of the molecule is CCn1c2ccccc2c2cc(CNC(C)C(O)c3ccccc3)ccc21.Cl. The molecule has 2 N–H and O–H groups in total. The van der Waals surface area contributed by atoms with Crippen molar-refractivity contribution in [2.24, 2.45) is 0 Å². The molecule has 0 aliphatic rings. The lowest BCUT2D eigenvalue weighted by Crippen LogP contribution is -2.31. The van der Waals surface area contributed by atoms with Crippen LogP contribution >= 0.6 is 12.4 Å². The Labute approximate surface area is 172 Å². The second kappa shape index (κ2) is 8.78. The first-order valence-corrected chi connectivity index (χ1v) is 9.65. The van der Waals surface area contributed by atoms with Gasteiger partial charge in [-0.1, -0.05) is 54.6 Å². The normalized spacial score (nSPS) is 13.4. The van der Waals surface area contributed by atoms with Crippen LogP contribution in [0.4, 0.5) is 0 Å². The van der Waals surface area contributed by atoms with Crippen LogP contribution in [0.2, 0.25) is 0 Å². The minimum absolute atomic E-state index is 0. The van der Waals surface area contributed by atoms with Crippen LogP contribution < -0.4 is 5.32 Å². The predicted molar refractivity (Wildman–Crippen MR) is 120 cm³/mol. The molecule has 3 nitrogen and oxygen atoms in total. The van der Waals surface area contributed by atoms with Crippen molar-refractivity contribution in [3.63, 3.8) is 0 Å². The van der Waals surface area contributed by atoms with Gasteiger partial charge in [-0.05, 0) is 43.2 Å². The molecule has 1 aromatic heterocycles. The number of rotatable bonds is 6. The van der Waals surface area contributed by atoms with Gasteiger partial charge in [0.05, 0.1) is 6.10 Å². The molecular formula is C24H27ClN2O. The summed E-state index contributed by atoms with van der Waals surface area (Å²) in [6.45, 7) is 5.90. The molecule has 4 rings (SSSR count). The molecule has 0 spiro atoms. The number of halogens is 1. The van der Waals surface area contributed by atoms with E-state index in [1.807, 2.05) is 37.3 Å². The lowest BCUT2D eigenvalue weighted by molar-refractivity contribution is 0.135. The van der Waals surface area contributed by atoms with E-state index in [4.69, 9.17) is 0 Å². The van der Waals surface area contributed by atoms with Crippen LogP contribution in [-0.4, -0.2) is 15.7 Å². The van der Waals surface area contributed by atoms with Crippen LogP contribution in [0.3, 0.4) is 0 Å². The molecular weight excluding hydrogens is 368 g/mol. The molecule has 0 fully saturated rings. The molecule has 2 atom stereocenters. The van der Waals surface area contributed by atoms with Crippen LogP contribution in [-0.2, 0) is 13.1 Å². The summed E-state index contributed by atoms with van der Waals surface area (Å²) < 4.78 is 2.36. The Morgan fingerprint density at radius 1 is 0.893 bits per heavy atom. The van der Waals surface area contributed by atoms with Crippen LogP contribution in [0, 0.1) is 0 Å². The first-order chi connectivity index (χ1) is 13.2. The number of aromatic nitrogens is 1. The second-order valence-electron chi connectivity index (χ2n) is 7.14. The third-order valence-corrected chi connectivity index (χ3v) is 5.40. The number of hydrogen-bond acceptors (Lipinski definition) is 2. The van der Waals surface area contributed by atoms with E-state index in [2.05, 4.69) is 59.3 Å². The van der Waals surface area contributed by atoms with Gasteiger partial charge in [-0.15, -0.1) is 12.4 Å². The van der Waals surface area contributed by atoms with Gasteiger partial charge < -0.3 is 15.0 Å². The van der Waals surface area contributed by atoms with Gasteiger partial charge in [0.25, 0.3) is 0 Å². The number of hydrogen-bond donors (Lipinski definition) is 2. The number of nitrogens with zero attached hydrogens (tertiary/aromatic N) is 1. The van der Waals surface area contributed by atoms with E-state index in [1.54, 1.807) is 0 Å². The summed E-state index contributed by atoms with van der Waals surface area (Å²) in [6.07, 6.45) is -0.517. The Balaban J connectivity index is 0.00000225. The number of aryl methyl sites for hydroxylation is 1.